The Bertz CT molecular complexity index is 1270. The maximum Gasteiger partial charge on any atom is 0.461 e. The largest absolute Gasteiger partial charge is 0.461 e. The van der Waals surface area contributed by atoms with Gasteiger partial charge in [0.25, 0.3) is 0 Å². The molecule has 0 aliphatic heterocycles. The van der Waals surface area contributed by atoms with Crippen LogP contribution in [0.15, 0.2) is 72.8 Å². The SMILES string of the molecule is O=C(N[C@@H]1CCC[C@@H]1F)N[C@](Cc1ccccc1)(c1ccc(F)cc1)c1cc(F)cc(OC(F)(F)C(F)F)c1. The molecule has 2 N–H and O–H groups in total. The molecule has 0 aromatic heterocycles. The summed E-state index contributed by atoms with van der Waals surface area (Å²) in [5.41, 5.74) is -1.11. The summed E-state index contributed by atoms with van der Waals surface area (Å²) >= 11 is 0. The Morgan fingerprint density at radius 1 is 0.923 bits per heavy atom. The molecule has 11 heteroatoms. The van der Waals surface area contributed by atoms with E-state index in [-0.39, 0.29) is 24.0 Å². The molecule has 0 spiro atoms. The monoisotopic (exact) mass is 554 g/mol. The molecule has 208 valence electrons. The van der Waals surface area contributed by atoms with Gasteiger partial charge in [-0.25, -0.2) is 18.0 Å². The Balaban J connectivity index is 1.86. The van der Waals surface area contributed by atoms with Crippen LogP contribution in [-0.2, 0) is 12.0 Å². The molecule has 3 aromatic carbocycles. The molecule has 1 aliphatic carbocycles. The Hall–Kier alpha value is -3.76. The van der Waals surface area contributed by atoms with Crippen LogP contribution in [0.2, 0.25) is 0 Å². The van der Waals surface area contributed by atoms with Gasteiger partial charge in [-0.3, -0.25) is 0 Å². The summed E-state index contributed by atoms with van der Waals surface area (Å²) in [5.74, 6) is -2.66. The van der Waals surface area contributed by atoms with E-state index in [9.17, 15) is 35.5 Å². The summed E-state index contributed by atoms with van der Waals surface area (Å²) in [6.07, 6.45) is -9.30. The number of urea groups is 1. The molecule has 3 atom stereocenters. The zero-order valence-corrected chi connectivity index (χ0v) is 20.5. The fourth-order valence-electron chi connectivity index (χ4n) is 4.74. The van der Waals surface area contributed by atoms with Crippen LogP contribution in [0.25, 0.3) is 0 Å². The van der Waals surface area contributed by atoms with Crippen LogP contribution in [0.1, 0.15) is 36.0 Å². The summed E-state index contributed by atoms with van der Waals surface area (Å²) in [4.78, 5) is 13.2. The van der Waals surface area contributed by atoms with Crippen molar-refractivity contribution in [1.29, 1.82) is 0 Å². The zero-order valence-electron chi connectivity index (χ0n) is 20.5. The normalized spacial score (nSPS) is 19.0. The molecule has 1 fully saturated rings. The van der Waals surface area contributed by atoms with Gasteiger partial charge in [-0.05, 0) is 60.2 Å². The van der Waals surface area contributed by atoms with Crippen LogP contribution in [0.4, 0.5) is 35.5 Å². The van der Waals surface area contributed by atoms with E-state index in [2.05, 4.69) is 15.4 Å². The molecule has 4 rings (SSSR count). The average Bonchev–Trinajstić information content (AvgIpc) is 3.27. The molecule has 4 nitrogen and oxygen atoms in total. The van der Waals surface area contributed by atoms with Gasteiger partial charge in [-0.2, -0.15) is 17.6 Å². The van der Waals surface area contributed by atoms with Crippen molar-refractivity contribution in [3.05, 3.63) is 101 Å². The molecule has 0 bridgehead atoms. The first-order valence-electron chi connectivity index (χ1n) is 12.2. The predicted octanol–water partition coefficient (Wildman–Crippen LogP) is 6.88. The highest BCUT2D eigenvalue weighted by Gasteiger charge is 2.45. The van der Waals surface area contributed by atoms with E-state index in [0.717, 1.165) is 24.3 Å². The lowest BCUT2D eigenvalue weighted by Crippen LogP contribution is -2.54. The number of ether oxygens (including phenoxy) is 1. The maximum absolute atomic E-state index is 14.8. The molecule has 0 radical (unpaired) electrons. The molecule has 1 saturated carbocycles. The van der Waals surface area contributed by atoms with Gasteiger partial charge in [-0.15, -0.1) is 0 Å². The highest BCUT2D eigenvalue weighted by molar-refractivity contribution is 5.76. The third-order valence-corrected chi connectivity index (χ3v) is 6.60. The average molecular weight is 555 g/mol. The van der Waals surface area contributed by atoms with Crippen LogP contribution in [0.5, 0.6) is 5.75 Å². The van der Waals surface area contributed by atoms with E-state index in [1.165, 1.54) is 12.1 Å². The van der Waals surface area contributed by atoms with Crippen molar-refractivity contribution in [2.45, 2.75) is 56.0 Å². The Labute approximate surface area is 220 Å². The van der Waals surface area contributed by atoms with Crippen LogP contribution < -0.4 is 15.4 Å². The van der Waals surface area contributed by atoms with Crippen molar-refractivity contribution in [1.82, 2.24) is 10.6 Å². The van der Waals surface area contributed by atoms with Gasteiger partial charge in [-0.1, -0.05) is 42.5 Å². The Kier molecular flexibility index (Phi) is 8.36. The van der Waals surface area contributed by atoms with E-state index in [1.54, 1.807) is 30.3 Å². The number of hydrogen-bond acceptors (Lipinski definition) is 2. The first-order valence-corrected chi connectivity index (χ1v) is 12.2. The molecular formula is C28H25F7N2O2. The van der Waals surface area contributed by atoms with Gasteiger partial charge in [0.05, 0.1) is 11.6 Å². The van der Waals surface area contributed by atoms with E-state index in [0.29, 0.717) is 24.5 Å². The van der Waals surface area contributed by atoms with Gasteiger partial charge in [0, 0.05) is 12.5 Å². The van der Waals surface area contributed by atoms with Crippen molar-refractivity contribution in [2.75, 3.05) is 0 Å². The number of carbonyl (C=O) groups excluding carboxylic acids is 1. The standard InChI is InChI=1S/C28H25F7N2O2/c29-20-11-9-18(10-12-20)27(16-17-5-2-1-3-6-17,37-26(38)36-24-8-4-7-23(24)31)19-13-21(30)15-22(14-19)39-28(34,35)25(32)33/h1-3,5-6,9-15,23-25H,4,7-8,16H2,(H2,36,37,38)/t23-,24+,27+/m0/s1. The number of benzene rings is 3. The summed E-state index contributed by atoms with van der Waals surface area (Å²) < 4.78 is 100. The zero-order chi connectivity index (χ0) is 28.2. The van der Waals surface area contributed by atoms with Gasteiger partial charge in [0.15, 0.2) is 0 Å². The van der Waals surface area contributed by atoms with E-state index in [4.69, 9.17) is 0 Å². The second-order valence-electron chi connectivity index (χ2n) is 9.37. The van der Waals surface area contributed by atoms with Gasteiger partial charge in [0.1, 0.15) is 23.6 Å². The number of rotatable bonds is 9. The summed E-state index contributed by atoms with van der Waals surface area (Å²) in [6.45, 7) is 0. The number of nitrogens with one attached hydrogen (secondary N) is 2. The molecule has 0 unspecified atom stereocenters. The molecule has 0 saturated heterocycles. The van der Waals surface area contributed by atoms with Crippen molar-refractivity contribution < 1.29 is 40.3 Å². The molecule has 3 aromatic rings. The van der Waals surface area contributed by atoms with Crippen LogP contribution in [0.3, 0.4) is 0 Å². The minimum atomic E-state index is -4.92. The fraction of sp³-hybridized carbons (Fsp3) is 0.321. The lowest BCUT2D eigenvalue weighted by molar-refractivity contribution is -0.253. The highest BCUT2D eigenvalue weighted by atomic mass is 19.3. The molecule has 39 heavy (non-hydrogen) atoms. The van der Waals surface area contributed by atoms with Crippen molar-refractivity contribution >= 4 is 6.03 Å². The smallest absolute Gasteiger partial charge is 0.428 e. The second kappa shape index (κ2) is 11.5. The number of alkyl halides is 5. The topological polar surface area (TPSA) is 50.4 Å². The minimum Gasteiger partial charge on any atom is -0.428 e. The maximum atomic E-state index is 14.8. The van der Waals surface area contributed by atoms with Gasteiger partial charge < -0.3 is 15.4 Å². The third-order valence-electron chi connectivity index (χ3n) is 6.60. The third kappa shape index (κ3) is 6.63. The van der Waals surface area contributed by atoms with E-state index >= 15 is 0 Å². The molecule has 0 heterocycles. The molecular weight excluding hydrogens is 529 g/mol. The number of halogens is 7. The van der Waals surface area contributed by atoms with Crippen LogP contribution in [-0.4, -0.2) is 30.8 Å². The lowest BCUT2D eigenvalue weighted by Gasteiger charge is -2.37. The quantitative estimate of drug-likeness (QED) is 0.284. The second-order valence-corrected chi connectivity index (χ2v) is 9.37. The van der Waals surface area contributed by atoms with Crippen LogP contribution >= 0.6 is 0 Å². The number of hydrogen-bond donors (Lipinski definition) is 2. The van der Waals surface area contributed by atoms with Crippen LogP contribution in [0, 0.1) is 11.6 Å². The lowest BCUT2D eigenvalue weighted by atomic mass is 9.77. The summed E-state index contributed by atoms with van der Waals surface area (Å²) in [5, 5.41) is 5.28. The number of carbonyl (C=O) groups is 1. The summed E-state index contributed by atoms with van der Waals surface area (Å²) in [7, 11) is 0. The minimum absolute atomic E-state index is 0.106. The number of amides is 2. The first-order chi connectivity index (χ1) is 18.5. The predicted molar refractivity (Wildman–Crippen MR) is 130 cm³/mol. The molecule has 1 aliphatic rings. The fourth-order valence-corrected chi connectivity index (χ4v) is 4.74. The van der Waals surface area contributed by atoms with E-state index in [1.807, 2.05) is 0 Å². The Morgan fingerprint density at radius 3 is 2.23 bits per heavy atom. The van der Waals surface area contributed by atoms with Crippen molar-refractivity contribution in [3.8, 4) is 5.75 Å². The highest BCUT2D eigenvalue weighted by Crippen LogP contribution is 2.38. The van der Waals surface area contributed by atoms with Gasteiger partial charge in [0.2, 0.25) is 0 Å². The first kappa shape index (κ1) is 28.3. The Morgan fingerprint density at radius 2 is 1.62 bits per heavy atom. The van der Waals surface area contributed by atoms with Crippen molar-refractivity contribution in [3.63, 3.8) is 0 Å². The summed E-state index contributed by atoms with van der Waals surface area (Å²) in [6, 6.07) is 14.0. The van der Waals surface area contributed by atoms with Crippen molar-refractivity contribution in [2.24, 2.45) is 0 Å². The van der Waals surface area contributed by atoms with Gasteiger partial charge >= 0.3 is 18.6 Å². The van der Waals surface area contributed by atoms with E-state index < -0.39 is 53.7 Å². The molecule has 2 amide bonds.